The van der Waals surface area contributed by atoms with Gasteiger partial charge in [-0.05, 0) is 93.0 Å². The molecule has 0 aromatic heterocycles. The molecule has 1 aliphatic carbocycles. The predicted octanol–water partition coefficient (Wildman–Crippen LogP) is 11.0. The molecule has 0 radical (unpaired) electrons. The molecule has 2 aliphatic rings. The molecule has 1 aliphatic heterocycles. The van der Waals surface area contributed by atoms with Gasteiger partial charge in [0.05, 0.1) is 5.41 Å². The van der Waals surface area contributed by atoms with Gasteiger partial charge in [0.25, 0.3) is 0 Å². The second kappa shape index (κ2) is 11.8. The molecular weight excluding hydrogens is 617 g/mol. The minimum atomic E-state index is -0.522. The van der Waals surface area contributed by atoms with Crippen molar-refractivity contribution < 1.29 is 14.2 Å². The van der Waals surface area contributed by atoms with E-state index in [1.54, 1.807) is 12.1 Å². The molecule has 50 heavy (non-hydrogen) atoms. The van der Waals surface area contributed by atoms with Gasteiger partial charge in [-0.25, -0.2) is 0 Å². The van der Waals surface area contributed by atoms with Crippen molar-refractivity contribution in [1.29, 1.82) is 10.8 Å². The second-order valence-electron chi connectivity index (χ2n) is 12.4. The predicted molar refractivity (Wildman–Crippen MR) is 197 cm³/mol. The fourth-order valence-electron chi connectivity index (χ4n) is 7.32. The van der Waals surface area contributed by atoms with E-state index >= 15 is 0 Å². The Bertz CT molecular complexity index is 2380. The highest BCUT2D eigenvalue weighted by atomic mass is 16.6. The topological polar surface area (TPSA) is 75.4 Å². The molecule has 5 heteroatoms. The number of fused-ring (bicyclic) bond motifs is 5. The molecule has 7 aromatic rings. The van der Waals surface area contributed by atoms with Gasteiger partial charge in [0.2, 0.25) is 11.8 Å². The molecule has 1 heterocycles. The smallest absolute Gasteiger partial charge is 0.221 e. The van der Waals surface area contributed by atoms with E-state index in [4.69, 9.17) is 25.0 Å². The molecule has 0 unspecified atom stereocenters. The Morgan fingerprint density at radius 1 is 0.420 bits per heavy atom. The van der Waals surface area contributed by atoms with Gasteiger partial charge in [0.1, 0.15) is 0 Å². The minimum absolute atomic E-state index is 0.0632. The molecular formula is C45H30N2O3. The summed E-state index contributed by atoms with van der Waals surface area (Å²) in [5, 5.41) is 16.6. The molecule has 0 fully saturated rings. The fraction of sp³-hybridized carbons (Fsp3) is 0.0222. The summed E-state index contributed by atoms with van der Waals surface area (Å²) in [6.45, 7) is 0. The summed E-state index contributed by atoms with van der Waals surface area (Å²) in [4.78, 5) is 0. The van der Waals surface area contributed by atoms with Crippen molar-refractivity contribution in [3.05, 3.63) is 203 Å². The molecule has 0 spiro atoms. The first-order valence-corrected chi connectivity index (χ1v) is 16.5. The zero-order valence-corrected chi connectivity index (χ0v) is 26.9. The van der Waals surface area contributed by atoms with Crippen molar-refractivity contribution >= 4 is 11.8 Å². The third-order valence-corrected chi connectivity index (χ3v) is 9.63. The Morgan fingerprint density at radius 2 is 0.940 bits per heavy atom. The second-order valence-corrected chi connectivity index (χ2v) is 12.4. The first-order chi connectivity index (χ1) is 24.6. The van der Waals surface area contributed by atoms with Crippen LogP contribution in [-0.2, 0) is 10.2 Å². The maximum Gasteiger partial charge on any atom is 0.221 e. The average Bonchev–Trinajstić information content (AvgIpc) is 3.46. The Kier molecular flexibility index (Phi) is 6.92. The third-order valence-electron chi connectivity index (χ3n) is 9.63. The molecule has 2 N–H and O–H groups in total. The summed E-state index contributed by atoms with van der Waals surface area (Å²) in [7, 11) is 0. The number of hydrogen-bond donors (Lipinski definition) is 2. The van der Waals surface area contributed by atoms with Crippen molar-refractivity contribution in [3.63, 3.8) is 0 Å². The van der Waals surface area contributed by atoms with E-state index in [-0.39, 0.29) is 11.8 Å². The van der Waals surface area contributed by atoms with Crippen LogP contribution in [0.15, 0.2) is 170 Å². The van der Waals surface area contributed by atoms with Crippen molar-refractivity contribution in [1.82, 2.24) is 0 Å². The van der Waals surface area contributed by atoms with Crippen LogP contribution in [0.3, 0.4) is 0 Å². The van der Waals surface area contributed by atoms with Crippen LogP contribution < -0.4 is 9.47 Å². The molecule has 0 atom stereocenters. The van der Waals surface area contributed by atoms with E-state index in [0.29, 0.717) is 34.1 Å². The number of nitrogens with one attached hydrogen (secondary N) is 2. The van der Waals surface area contributed by atoms with Crippen LogP contribution in [0.1, 0.15) is 33.4 Å². The molecule has 0 saturated carbocycles. The van der Waals surface area contributed by atoms with E-state index in [9.17, 15) is 0 Å². The number of rotatable bonds is 5. The monoisotopic (exact) mass is 646 g/mol. The quantitative estimate of drug-likeness (QED) is 0.144. The SMILES string of the molecule is N=C(OC(=N)c1ccc(-c2ccc3c(c2)Oc2cc4c(cc2O3)C(c2ccccc2)(c2ccccc2)c2ccccc2-4)cc1)c1ccccc1. The minimum Gasteiger partial charge on any atom is -0.450 e. The van der Waals surface area contributed by atoms with Crippen molar-refractivity contribution in [2.24, 2.45) is 0 Å². The van der Waals surface area contributed by atoms with Crippen molar-refractivity contribution in [2.75, 3.05) is 0 Å². The lowest BCUT2D eigenvalue weighted by molar-refractivity contribution is 0.359. The van der Waals surface area contributed by atoms with Crippen LogP contribution in [-0.4, -0.2) is 11.8 Å². The summed E-state index contributed by atoms with van der Waals surface area (Å²) < 4.78 is 18.7. The summed E-state index contributed by atoms with van der Waals surface area (Å²) in [5.74, 6) is 2.48. The van der Waals surface area contributed by atoms with Gasteiger partial charge in [0.15, 0.2) is 23.0 Å². The summed E-state index contributed by atoms with van der Waals surface area (Å²) in [6, 6.07) is 56.9. The third kappa shape index (κ3) is 4.71. The maximum atomic E-state index is 8.40. The van der Waals surface area contributed by atoms with Gasteiger partial charge in [0, 0.05) is 11.1 Å². The highest BCUT2D eigenvalue weighted by molar-refractivity contribution is 6.04. The molecule has 0 amide bonds. The highest BCUT2D eigenvalue weighted by Gasteiger charge is 2.47. The number of benzene rings is 7. The normalized spacial score (nSPS) is 13.0. The molecule has 0 saturated heterocycles. The van der Waals surface area contributed by atoms with Gasteiger partial charge in [-0.15, -0.1) is 0 Å². The van der Waals surface area contributed by atoms with E-state index in [2.05, 4.69) is 97.1 Å². The lowest BCUT2D eigenvalue weighted by Gasteiger charge is -2.34. The molecule has 9 rings (SSSR count). The van der Waals surface area contributed by atoms with Gasteiger partial charge in [-0.3, -0.25) is 10.8 Å². The van der Waals surface area contributed by atoms with Crippen LogP contribution in [0.25, 0.3) is 22.3 Å². The van der Waals surface area contributed by atoms with Crippen molar-refractivity contribution in [2.45, 2.75) is 5.41 Å². The Morgan fingerprint density at radius 3 is 1.62 bits per heavy atom. The Labute approximate surface area is 290 Å². The van der Waals surface area contributed by atoms with E-state index < -0.39 is 5.41 Å². The average molecular weight is 647 g/mol. The molecule has 5 nitrogen and oxygen atoms in total. The standard InChI is InChI=1S/C45H30N2O3/c46-43(30-12-4-1-5-13-30)50-44(47)31-22-20-29(21-23-31)32-24-25-39-40(26-32)49-41-27-36-35-18-10-11-19-37(35)45(33-14-6-2-7-15-33,34-16-8-3-9-17-34)38(36)28-42(41)48-39/h1-28,46-47H. The zero-order chi connectivity index (χ0) is 33.7. The summed E-state index contributed by atoms with van der Waals surface area (Å²) in [5.41, 5.74) is 9.66. The summed E-state index contributed by atoms with van der Waals surface area (Å²) >= 11 is 0. The molecule has 7 aromatic carbocycles. The number of ether oxygens (including phenoxy) is 3. The maximum absolute atomic E-state index is 8.40. The Balaban J connectivity index is 1.05. The van der Waals surface area contributed by atoms with Crippen molar-refractivity contribution in [3.8, 4) is 45.3 Å². The Hall–Kier alpha value is -6.72. The number of hydrogen-bond acceptors (Lipinski definition) is 5. The summed E-state index contributed by atoms with van der Waals surface area (Å²) in [6.07, 6.45) is 0. The molecule has 238 valence electrons. The van der Waals surface area contributed by atoms with E-state index in [1.807, 2.05) is 60.7 Å². The van der Waals surface area contributed by atoms with Crippen LogP contribution in [0.2, 0.25) is 0 Å². The van der Waals surface area contributed by atoms with E-state index in [1.165, 1.54) is 22.3 Å². The van der Waals surface area contributed by atoms with Crippen LogP contribution in [0, 0.1) is 10.8 Å². The fourth-order valence-corrected chi connectivity index (χ4v) is 7.32. The van der Waals surface area contributed by atoms with Gasteiger partial charge >= 0.3 is 0 Å². The van der Waals surface area contributed by atoms with E-state index in [0.717, 1.165) is 22.3 Å². The first-order valence-electron chi connectivity index (χ1n) is 16.5. The highest BCUT2D eigenvalue weighted by Crippen LogP contribution is 2.59. The zero-order valence-electron chi connectivity index (χ0n) is 26.9. The van der Waals surface area contributed by atoms with Crippen LogP contribution in [0.4, 0.5) is 0 Å². The van der Waals surface area contributed by atoms with Gasteiger partial charge < -0.3 is 14.2 Å². The largest absolute Gasteiger partial charge is 0.450 e. The van der Waals surface area contributed by atoms with Gasteiger partial charge in [-0.2, -0.15) is 0 Å². The molecule has 0 bridgehead atoms. The van der Waals surface area contributed by atoms with Crippen LogP contribution >= 0.6 is 0 Å². The lowest BCUT2D eigenvalue weighted by Crippen LogP contribution is -2.28. The first kappa shape index (κ1) is 29.4. The van der Waals surface area contributed by atoms with Crippen LogP contribution in [0.5, 0.6) is 23.0 Å². The lowest BCUT2D eigenvalue weighted by atomic mass is 9.67. The van der Waals surface area contributed by atoms with Gasteiger partial charge in [-0.1, -0.05) is 121 Å².